The van der Waals surface area contributed by atoms with Gasteiger partial charge in [-0.15, -0.1) is 0 Å². The summed E-state index contributed by atoms with van der Waals surface area (Å²) in [5.74, 6) is -5.49. The Morgan fingerprint density at radius 1 is 1.11 bits per heavy atom. The van der Waals surface area contributed by atoms with Crippen LogP contribution in [0.3, 0.4) is 0 Å². The lowest BCUT2D eigenvalue weighted by molar-refractivity contribution is 0.0470. The smallest absolute Gasteiger partial charge is 0.309 e. The second kappa shape index (κ2) is 7.46. The maximum Gasteiger partial charge on any atom is 0.309 e. The number of hydrogen-bond donors (Lipinski definition) is 1. The number of rotatable bonds is 6. The molecule has 1 N–H and O–H groups in total. The number of allylic oxidation sites excluding steroid dienone is 1. The summed E-state index contributed by atoms with van der Waals surface area (Å²) in [7, 11) is 1.46. The van der Waals surface area contributed by atoms with Gasteiger partial charge in [-0.3, -0.25) is 4.68 Å². The molecule has 0 amide bonds. The van der Waals surface area contributed by atoms with Crippen LogP contribution in [0, 0.1) is 17.5 Å². The molecule has 3 rings (SSSR count). The molecule has 0 radical (unpaired) electrons. The molecule has 3 aromatic rings. The van der Waals surface area contributed by atoms with Crippen LogP contribution >= 0.6 is 0 Å². The molecule has 1 heterocycles. The predicted octanol–water partition coefficient (Wildman–Crippen LogP) is 5.64. The summed E-state index contributed by atoms with van der Waals surface area (Å²) >= 11 is 0. The predicted molar refractivity (Wildman–Crippen MR) is 98.5 cm³/mol. The maximum absolute atomic E-state index is 14.4. The summed E-state index contributed by atoms with van der Waals surface area (Å²) in [5.41, 5.74) is -0.0971. The molecular formula is C20H18F5N3. The minimum Gasteiger partial charge on any atom is -0.378 e. The third-order valence-electron chi connectivity index (χ3n) is 4.26. The van der Waals surface area contributed by atoms with E-state index in [4.69, 9.17) is 0 Å². The van der Waals surface area contributed by atoms with Gasteiger partial charge in [0.2, 0.25) is 0 Å². The SMILES string of the molecule is C=CC(F)(F)c1cc(-c2ccc(NCc3c(F)cccc3F)c(F)c2)n(C)n1.[HH]. The number of benzene rings is 2. The molecule has 0 aliphatic rings. The molecule has 0 aliphatic carbocycles. The molecule has 0 bridgehead atoms. The van der Waals surface area contributed by atoms with Crippen LogP contribution in [0.15, 0.2) is 55.1 Å². The van der Waals surface area contributed by atoms with Gasteiger partial charge >= 0.3 is 5.92 Å². The van der Waals surface area contributed by atoms with Crippen molar-refractivity contribution in [1.82, 2.24) is 9.78 Å². The number of halogens is 5. The van der Waals surface area contributed by atoms with Crippen LogP contribution in [0.2, 0.25) is 0 Å². The summed E-state index contributed by atoms with van der Waals surface area (Å²) < 4.78 is 70.4. The Labute approximate surface area is 159 Å². The van der Waals surface area contributed by atoms with Gasteiger partial charge in [0.15, 0.2) is 0 Å². The highest BCUT2D eigenvalue weighted by atomic mass is 19.3. The van der Waals surface area contributed by atoms with Gasteiger partial charge in [-0.25, -0.2) is 13.2 Å². The molecular weight excluding hydrogens is 377 g/mol. The van der Waals surface area contributed by atoms with E-state index < -0.39 is 29.1 Å². The quantitative estimate of drug-likeness (QED) is 0.432. The molecule has 0 saturated heterocycles. The van der Waals surface area contributed by atoms with Crippen molar-refractivity contribution in [2.24, 2.45) is 7.05 Å². The number of nitrogens with zero attached hydrogens (tertiary/aromatic N) is 2. The summed E-state index contributed by atoms with van der Waals surface area (Å²) in [5, 5.41) is 6.38. The van der Waals surface area contributed by atoms with Crippen molar-refractivity contribution in [3.63, 3.8) is 0 Å². The average molecular weight is 395 g/mol. The Balaban J connectivity index is 0.00000300. The number of nitrogens with one attached hydrogen (secondary N) is 1. The monoisotopic (exact) mass is 395 g/mol. The summed E-state index contributed by atoms with van der Waals surface area (Å²) in [6.07, 6.45) is 0.481. The van der Waals surface area contributed by atoms with E-state index in [9.17, 15) is 22.0 Å². The zero-order valence-corrected chi connectivity index (χ0v) is 14.8. The van der Waals surface area contributed by atoms with Gasteiger partial charge in [0.25, 0.3) is 0 Å². The minimum atomic E-state index is -3.31. The highest BCUT2D eigenvalue weighted by Gasteiger charge is 2.31. The van der Waals surface area contributed by atoms with Crippen molar-refractivity contribution in [3.8, 4) is 11.3 Å². The number of anilines is 1. The molecule has 3 nitrogen and oxygen atoms in total. The summed E-state index contributed by atoms with van der Waals surface area (Å²) in [6.45, 7) is 2.83. The third kappa shape index (κ3) is 3.76. The highest BCUT2D eigenvalue weighted by Crippen LogP contribution is 2.32. The van der Waals surface area contributed by atoms with E-state index in [1.54, 1.807) is 0 Å². The van der Waals surface area contributed by atoms with Crippen molar-refractivity contribution in [2.75, 3.05) is 5.32 Å². The van der Waals surface area contributed by atoms with Crippen molar-refractivity contribution in [2.45, 2.75) is 12.5 Å². The number of aryl methyl sites for hydroxylation is 1. The molecule has 0 unspecified atom stereocenters. The molecule has 28 heavy (non-hydrogen) atoms. The fraction of sp³-hybridized carbons (Fsp3) is 0.150. The van der Waals surface area contributed by atoms with Gasteiger partial charge in [-0.1, -0.05) is 18.7 Å². The van der Waals surface area contributed by atoms with Crippen molar-refractivity contribution in [1.29, 1.82) is 0 Å². The van der Waals surface area contributed by atoms with Crippen molar-refractivity contribution >= 4 is 5.69 Å². The first-order valence-corrected chi connectivity index (χ1v) is 8.25. The summed E-state index contributed by atoms with van der Waals surface area (Å²) in [4.78, 5) is 0. The number of alkyl halides is 2. The molecule has 2 aromatic carbocycles. The van der Waals surface area contributed by atoms with Crippen LogP contribution in [0.1, 0.15) is 12.7 Å². The largest absolute Gasteiger partial charge is 0.378 e. The molecule has 0 fully saturated rings. The lowest BCUT2D eigenvalue weighted by atomic mass is 10.1. The van der Waals surface area contributed by atoms with Crippen LogP contribution in [0.4, 0.5) is 27.6 Å². The first-order chi connectivity index (χ1) is 13.2. The first-order valence-electron chi connectivity index (χ1n) is 8.25. The molecule has 0 aliphatic heterocycles. The van der Waals surface area contributed by atoms with Gasteiger partial charge in [0, 0.05) is 26.1 Å². The van der Waals surface area contributed by atoms with Gasteiger partial charge in [-0.05, 0) is 36.4 Å². The van der Waals surface area contributed by atoms with Gasteiger partial charge in [-0.2, -0.15) is 13.9 Å². The second-order valence-corrected chi connectivity index (χ2v) is 6.11. The Kier molecular flexibility index (Phi) is 5.22. The number of hydrogen-bond acceptors (Lipinski definition) is 2. The lowest BCUT2D eigenvalue weighted by Crippen LogP contribution is -2.10. The number of aromatic nitrogens is 2. The van der Waals surface area contributed by atoms with Crippen LogP contribution < -0.4 is 5.32 Å². The van der Waals surface area contributed by atoms with Crippen LogP contribution in [-0.2, 0) is 19.5 Å². The van der Waals surface area contributed by atoms with Crippen LogP contribution in [0.5, 0.6) is 0 Å². The molecule has 1 aromatic heterocycles. The molecule has 0 spiro atoms. The van der Waals surface area contributed by atoms with E-state index >= 15 is 0 Å². The Hall–Kier alpha value is -3.16. The lowest BCUT2D eigenvalue weighted by Gasteiger charge is -2.11. The molecule has 0 atom stereocenters. The van der Waals surface area contributed by atoms with Crippen LogP contribution in [0.25, 0.3) is 11.3 Å². The second-order valence-electron chi connectivity index (χ2n) is 6.11. The van der Waals surface area contributed by atoms with E-state index in [0.717, 1.165) is 24.3 Å². The van der Waals surface area contributed by atoms with Crippen molar-refractivity contribution < 1.29 is 23.4 Å². The molecule has 0 saturated carbocycles. The van der Waals surface area contributed by atoms with Gasteiger partial charge in [0.1, 0.15) is 23.1 Å². The van der Waals surface area contributed by atoms with Gasteiger partial charge in [0.05, 0.1) is 11.4 Å². The average Bonchev–Trinajstić information content (AvgIpc) is 3.05. The van der Waals surface area contributed by atoms with E-state index in [2.05, 4.69) is 17.0 Å². The Morgan fingerprint density at radius 2 is 1.79 bits per heavy atom. The Morgan fingerprint density at radius 3 is 2.39 bits per heavy atom. The fourth-order valence-electron chi connectivity index (χ4n) is 2.71. The zero-order chi connectivity index (χ0) is 20.5. The van der Waals surface area contributed by atoms with Gasteiger partial charge < -0.3 is 5.32 Å². The highest BCUT2D eigenvalue weighted by molar-refractivity contribution is 5.64. The van der Waals surface area contributed by atoms with E-state index in [1.807, 2.05) is 0 Å². The van der Waals surface area contributed by atoms with E-state index in [1.165, 1.54) is 29.9 Å². The fourth-order valence-corrected chi connectivity index (χ4v) is 2.71. The van der Waals surface area contributed by atoms with Crippen molar-refractivity contribution in [3.05, 3.63) is 83.8 Å². The zero-order valence-electron chi connectivity index (χ0n) is 14.8. The summed E-state index contributed by atoms with van der Waals surface area (Å²) in [6, 6.07) is 8.60. The Bertz CT molecular complexity index is 1010. The van der Waals surface area contributed by atoms with E-state index in [-0.39, 0.29) is 24.9 Å². The van der Waals surface area contributed by atoms with E-state index in [0.29, 0.717) is 11.6 Å². The maximum atomic E-state index is 14.4. The topological polar surface area (TPSA) is 29.9 Å². The normalized spacial score (nSPS) is 11.5. The molecule has 148 valence electrons. The first kappa shape index (κ1) is 19.6. The third-order valence-corrected chi connectivity index (χ3v) is 4.26. The van der Waals surface area contributed by atoms with Crippen LogP contribution in [-0.4, -0.2) is 9.78 Å². The molecule has 8 heteroatoms. The minimum absolute atomic E-state index is 0. The standard InChI is InChI=1S/C20H16F5N3.H2/c1-3-20(24,25)19-10-18(28(2)27-19)12-7-8-17(16(23)9-12)26-11-13-14(21)5-4-6-15(13)22;/h3-10,26H,1,11H2,2H3;1H.